The van der Waals surface area contributed by atoms with Gasteiger partial charge in [-0.3, -0.25) is 0 Å². The fourth-order valence-electron chi connectivity index (χ4n) is 0.874. The SMILES string of the molecule is Nc1cnc(Cl)cc1[C@@H](N)CO. The van der Waals surface area contributed by atoms with Crippen LogP contribution in [0.1, 0.15) is 11.6 Å². The zero-order valence-electron chi connectivity index (χ0n) is 6.37. The van der Waals surface area contributed by atoms with Crippen LogP contribution >= 0.6 is 11.6 Å². The molecule has 0 saturated heterocycles. The van der Waals surface area contributed by atoms with Crippen molar-refractivity contribution in [3.63, 3.8) is 0 Å². The summed E-state index contributed by atoms with van der Waals surface area (Å²) in [6, 6.07) is 1.06. The number of aliphatic hydroxyl groups excluding tert-OH is 1. The Labute approximate surface area is 75.2 Å². The number of nitrogens with two attached hydrogens (primary N) is 2. The fourth-order valence-corrected chi connectivity index (χ4v) is 1.04. The van der Waals surface area contributed by atoms with Gasteiger partial charge in [0, 0.05) is 0 Å². The molecule has 0 saturated carbocycles. The first-order chi connectivity index (χ1) is 5.65. The van der Waals surface area contributed by atoms with Crippen LogP contribution in [0.5, 0.6) is 0 Å². The molecular weight excluding hydrogens is 178 g/mol. The van der Waals surface area contributed by atoms with E-state index in [1.165, 1.54) is 6.20 Å². The number of hydrogen-bond acceptors (Lipinski definition) is 4. The monoisotopic (exact) mass is 187 g/mol. The Kier molecular flexibility index (Phi) is 2.86. The summed E-state index contributed by atoms with van der Waals surface area (Å²) in [5.41, 5.74) is 12.2. The topological polar surface area (TPSA) is 85.2 Å². The molecule has 0 aliphatic carbocycles. The first kappa shape index (κ1) is 9.25. The van der Waals surface area contributed by atoms with Crippen molar-refractivity contribution in [1.29, 1.82) is 0 Å². The molecule has 0 bridgehead atoms. The third kappa shape index (κ3) is 1.85. The van der Waals surface area contributed by atoms with Crippen molar-refractivity contribution in [2.75, 3.05) is 12.3 Å². The van der Waals surface area contributed by atoms with Crippen LogP contribution in [0.2, 0.25) is 5.15 Å². The number of halogens is 1. The molecule has 0 unspecified atom stereocenters. The van der Waals surface area contributed by atoms with Gasteiger partial charge in [0.05, 0.1) is 24.5 Å². The zero-order valence-corrected chi connectivity index (χ0v) is 7.12. The summed E-state index contributed by atoms with van der Waals surface area (Å²) in [5, 5.41) is 9.08. The summed E-state index contributed by atoms with van der Waals surface area (Å²) in [4.78, 5) is 3.76. The standard InChI is InChI=1S/C7H10ClN3O/c8-7-1-4(6(10)3-12)5(9)2-11-7/h1-2,6,12H,3,9-10H2/t6-/m0/s1. The van der Waals surface area contributed by atoms with E-state index in [1.54, 1.807) is 6.07 Å². The number of anilines is 1. The van der Waals surface area contributed by atoms with Crippen molar-refractivity contribution in [2.45, 2.75) is 6.04 Å². The van der Waals surface area contributed by atoms with E-state index in [1.807, 2.05) is 0 Å². The number of rotatable bonds is 2. The molecule has 0 amide bonds. The molecule has 1 aromatic rings. The van der Waals surface area contributed by atoms with Gasteiger partial charge in [0.25, 0.3) is 0 Å². The molecule has 0 aliphatic heterocycles. The maximum atomic E-state index is 8.76. The van der Waals surface area contributed by atoms with Gasteiger partial charge in [-0.2, -0.15) is 0 Å². The molecule has 0 radical (unpaired) electrons. The minimum Gasteiger partial charge on any atom is -0.397 e. The lowest BCUT2D eigenvalue weighted by Gasteiger charge is -2.10. The van der Waals surface area contributed by atoms with Crippen molar-refractivity contribution in [1.82, 2.24) is 4.98 Å². The molecule has 0 spiro atoms. The number of hydrogen-bond donors (Lipinski definition) is 3. The predicted molar refractivity (Wildman–Crippen MR) is 47.7 cm³/mol. The third-order valence-corrected chi connectivity index (χ3v) is 1.74. The lowest BCUT2D eigenvalue weighted by molar-refractivity contribution is 0.268. The Bertz CT molecular complexity index is 279. The molecular formula is C7H10ClN3O. The number of nitrogens with zero attached hydrogens (tertiary/aromatic N) is 1. The molecule has 5 N–H and O–H groups in total. The Morgan fingerprint density at radius 2 is 2.33 bits per heavy atom. The Balaban J connectivity index is 3.04. The van der Waals surface area contributed by atoms with Crippen LogP contribution in [-0.2, 0) is 0 Å². The summed E-state index contributed by atoms with van der Waals surface area (Å²) >= 11 is 5.61. The van der Waals surface area contributed by atoms with Gasteiger partial charge in [-0.1, -0.05) is 11.6 Å². The quantitative estimate of drug-likeness (QED) is 0.582. The van der Waals surface area contributed by atoms with E-state index in [0.717, 1.165) is 0 Å². The van der Waals surface area contributed by atoms with Crippen molar-refractivity contribution >= 4 is 17.3 Å². The number of pyridine rings is 1. The first-order valence-electron chi connectivity index (χ1n) is 3.42. The largest absolute Gasteiger partial charge is 0.397 e. The van der Waals surface area contributed by atoms with Gasteiger partial charge >= 0.3 is 0 Å². The molecule has 0 fully saturated rings. The Morgan fingerprint density at radius 3 is 2.92 bits per heavy atom. The maximum absolute atomic E-state index is 8.76. The van der Waals surface area contributed by atoms with Crippen LogP contribution in [0.3, 0.4) is 0 Å². The van der Waals surface area contributed by atoms with E-state index >= 15 is 0 Å². The summed E-state index contributed by atoms with van der Waals surface area (Å²) < 4.78 is 0. The molecule has 4 nitrogen and oxygen atoms in total. The smallest absolute Gasteiger partial charge is 0.129 e. The molecule has 66 valence electrons. The van der Waals surface area contributed by atoms with Crippen LogP contribution in [-0.4, -0.2) is 16.7 Å². The highest BCUT2D eigenvalue weighted by atomic mass is 35.5. The van der Waals surface area contributed by atoms with Gasteiger partial charge in [0.15, 0.2) is 0 Å². The van der Waals surface area contributed by atoms with Crippen LogP contribution in [0, 0.1) is 0 Å². The van der Waals surface area contributed by atoms with E-state index in [0.29, 0.717) is 16.4 Å². The van der Waals surface area contributed by atoms with Crippen molar-refractivity contribution < 1.29 is 5.11 Å². The fraction of sp³-hybridized carbons (Fsp3) is 0.286. The van der Waals surface area contributed by atoms with Gasteiger partial charge in [-0.15, -0.1) is 0 Å². The highest BCUT2D eigenvalue weighted by Gasteiger charge is 2.08. The van der Waals surface area contributed by atoms with Crippen LogP contribution < -0.4 is 11.5 Å². The van der Waals surface area contributed by atoms with Crippen LogP contribution in [0.15, 0.2) is 12.3 Å². The highest BCUT2D eigenvalue weighted by Crippen LogP contribution is 2.20. The average molecular weight is 188 g/mol. The molecule has 5 heteroatoms. The summed E-state index contributed by atoms with van der Waals surface area (Å²) in [5.74, 6) is 0. The minimum atomic E-state index is -0.495. The number of aromatic nitrogens is 1. The van der Waals surface area contributed by atoms with E-state index < -0.39 is 6.04 Å². The van der Waals surface area contributed by atoms with Crippen molar-refractivity contribution in [3.8, 4) is 0 Å². The molecule has 0 aromatic carbocycles. The Morgan fingerprint density at radius 1 is 1.67 bits per heavy atom. The van der Waals surface area contributed by atoms with Gasteiger partial charge in [0.1, 0.15) is 5.15 Å². The molecule has 12 heavy (non-hydrogen) atoms. The lowest BCUT2D eigenvalue weighted by atomic mass is 10.1. The van der Waals surface area contributed by atoms with E-state index in [2.05, 4.69) is 4.98 Å². The van der Waals surface area contributed by atoms with Crippen LogP contribution in [0.4, 0.5) is 5.69 Å². The maximum Gasteiger partial charge on any atom is 0.129 e. The molecule has 1 aromatic heterocycles. The minimum absolute atomic E-state index is 0.162. The summed E-state index contributed by atoms with van der Waals surface area (Å²) in [6.45, 7) is -0.162. The van der Waals surface area contributed by atoms with Crippen LogP contribution in [0.25, 0.3) is 0 Å². The lowest BCUT2D eigenvalue weighted by Crippen LogP contribution is -2.16. The van der Waals surface area contributed by atoms with E-state index in [9.17, 15) is 0 Å². The second-order valence-corrected chi connectivity index (χ2v) is 2.81. The van der Waals surface area contributed by atoms with Gasteiger partial charge in [-0.25, -0.2) is 4.98 Å². The molecule has 1 rings (SSSR count). The predicted octanol–water partition coefficient (Wildman–Crippen LogP) is 0.309. The van der Waals surface area contributed by atoms with Gasteiger partial charge in [0.2, 0.25) is 0 Å². The second kappa shape index (κ2) is 3.71. The van der Waals surface area contributed by atoms with Crippen molar-refractivity contribution in [2.24, 2.45) is 5.73 Å². The molecule has 1 heterocycles. The zero-order chi connectivity index (χ0) is 9.14. The average Bonchev–Trinajstić information content (AvgIpc) is 2.08. The number of aliphatic hydroxyl groups is 1. The second-order valence-electron chi connectivity index (χ2n) is 2.43. The molecule has 1 atom stereocenters. The normalized spacial score (nSPS) is 12.9. The van der Waals surface area contributed by atoms with E-state index in [4.69, 9.17) is 28.2 Å². The third-order valence-electron chi connectivity index (χ3n) is 1.53. The summed E-state index contributed by atoms with van der Waals surface area (Å²) in [7, 11) is 0. The highest BCUT2D eigenvalue weighted by molar-refractivity contribution is 6.29. The number of nitrogen functional groups attached to an aromatic ring is 1. The van der Waals surface area contributed by atoms with Gasteiger partial charge < -0.3 is 16.6 Å². The molecule has 0 aliphatic rings. The first-order valence-corrected chi connectivity index (χ1v) is 3.80. The van der Waals surface area contributed by atoms with E-state index in [-0.39, 0.29) is 6.61 Å². The van der Waals surface area contributed by atoms with Crippen molar-refractivity contribution in [3.05, 3.63) is 23.0 Å². The summed E-state index contributed by atoms with van der Waals surface area (Å²) in [6.07, 6.45) is 1.42. The van der Waals surface area contributed by atoms with Gasteiger partial charge in [-0.05, 0) is 11.6 Å². The Hall–Kier alpha value is -0.840.